The molecule has 1 amide bonds. The van der Waals surface area contributed by atoms with E-state index in [1.165, 1.54) is 154 Å². The summed E-state index contributed by atoms with van der Waals surface area (Å²) in [6, 6.07) is -0.921. The molecule has 9 nitrogen and oxygen atoms in total. The molecule has 0 fully saturated rings. The molecular formula is C66H119N2O7P. The predicted molar refractivity (Wildman–Crippen MR) is 325 cm³/mol. The highest BCUT2D eigenvalue weighted by Crippen LogP contribution is 2.38. The lowest BCUT2D eigenvalue weighted by atomic mass is 10.0. The summed E-state index contributed by atoms with van der Waals surface area (Å²) in [5.74, 6) is -0.609. The summed E-state index contributed by atoms with van der Waals surface area (Å²) in [4.78, 5) is 40.0. The molecule has 0 aliphatic carbocycles. The van der Waals surface area contributed by atoms with Crippen LogP contribution in [-0.4, -0.2) is 69.4 Å². The number of carbonyl (C=O) groups is 2. The van der Waals surface area contributed by atoms with Gasteiger partial charge in [-0.2, -0.15) is 0 Å². The normalized spacial score (nSPS) is 14.2. The van der Waals surface area contributed by atoms with Gasteiger partial charge in [-0.25, -0.2) is 0 Å². The third-order valence-corrected chi connectivity index (χ3v) is 14.5. The molecule has 1 N–H and O–H groups in total. The van der Waals surface area contributed by atoms with Gasteiger partial charge in [-0.1, -0.05) is 247 Å². The maximum absolute atomic E-state index is 13.5. The molecular weight excluding hydrogens is 964 g/mol. The molecule has 0 heterocycles. The van der Waals surface area contributed by atoms with E-state index in [0.717, 1.165) is 77.0 Å². The number of ether oxygens (including phenoxy) is 1. The van der Waals surface area contributed by atoms with Crippen molar-refractivity contribution in [3.63, 3.8) is 0 Å². The molecule has 76 heavy (non-hydrogen) atoms. The number of likely N-dealkylation sites (N-methyl/N-ethyl adjacent to an activating group) is 1. The Morgan fingerprint density at radius 1 is 0.474 bits per heavy atom. The maximum atomic E-state index is 13.5. The summed E-state index contributed by atoms with van der Waals surface area (Å²) in [7, 11) is 1.14. The van der Waals surface area contributed by atoms with Crippen LogP contribution >= 0.6 is 7.82 Å². The molecule has 10 heteroatoms. The Bertz CT molecular complexity index is 1580. The molecule has 3 atom stereocenters. The van der Waals surface area contributed by atoms with Crippen LogP contribution in [0.2, 0.25) is 0 Å². The van der Waals surface area contributed by atoms with Crippen molar-refractivity contribution in [2.45, 2.75) is 283 Å². The first-order valence-electron chi connectivity index (χ1n) is 31.4. The van der Waals surface area contributed by atoms with Crippen molar-refractivity contribution in [3.05, 3.63) is 85.1 Å². The number of amides is 1. The summed E-state index contributed by atoms with van der Waals surface area (Å²) in [5, 5.41) is 2.99. The first kappa shape index (κ1) is 73.2. The summed E-state index contributed by atoms with van der Waals surface area (Å²) in [6.45, 7) is 6.69. The summed E-state index contributed by atoms with van der Waals surface area (Å²) in [5.41, 5.74) is 0. The minimum atomic E-state index is -4.72. The molecule has 440 valence electrons. The van der Waals surface area contributed by atoms with Gasteiger partial charge in [-0.05, 0) is 96.0 Å². The number of nitrogens with zero attached hydrogens (tertiary/aromatic N) is 1. The number of phosphoric ester groups is 1. The van der Waals surface area contributed by atoms with E-state index in [4.69, 9.17) is 13.8 Å². The fourth-order valence-corrected chi connectivity index (χ4v) is 9.45. The number of unbranched alkanes of at least 4 members (excludes halogenated alkanes) is 28. The van der Waals surface area contributed by atoms with E-state index in [2.05, 4.69) is 99.0 Å². The molecule has 0 rings (SSSR count). The lowest BCUT2D eigenvalue weighted by Crippen LogP contribution is -2.47. The number of quaternary nitrogens is 1. The molecule has 0 radical (unpaired) electrons. The highest BCUT2D eigenvalue weighted by Gasteiger charge is 2.27. The second-order valence-electron chi connectivity index (χ2n) is 22.2. The Hall–Kier alpha value is -2.81. The third kappa shape index (κ3) is 55.9. The highest BCUT2D eigenvalue weighted by molar-refractivity contribution is 7.45. The Labute approximate surface area is 469 Å². The van der Waals surface area contributed by atoms with E-state index >= 15 is 0 Å². The van der Waals surface area contributed by atoms with E-state index < -0.39 is 26.6 Å². The molecule has 0 saturated carbocycles. The summed E-state index contributed by atoms with van der Waals surface area (Å²) >= 11 is 0. The Morgan fingerprint density at radius 3 is 1.30 bits per heavy atom. The van der Waals surface area contributed by atoms with Crippen molar-refractivity contribution in [1.82, 2.24) is 5.32 Å². The zero-order valence-electron chi connectivity index (χ0n) is 50.2. The minimum Gasteiger partial charge on any atom is -0.756 e. The monoisotopic (exact) mass is 1080 g/mol. The van der Waals surface area contributed by atoms with Gasteiger partial charge in [0.05, 0.1) is 33.8 Å². The largest absolute Gasteiger partial charge is 0.756 e. The standard InChI is InChI=1S/C66H119N2O7P/c1-7-10-13-16-19-22-25-28-30-32-33-34-35-37-39-41-44-47-50-53-56-59-66(70)75-64(57-54-51-48-45-42-27-24-21-18-15-12-9-3)63(62-74-76(71,72)73-61-60-68(4,5)6)67-65(69)58-55-52-49-46-43-40-38-36-31-29-26-23-20-17-14-11-8-2/h11,14,20,23,28-31,38,40,46,49,54,57,63-64H,7-10,12-13,15-19,21-22,24-27,32-37,39,41-45,47-48,50-53,55-56,58-62H2,1-6H3,(H-,67,69,71,72)/b14-11-,23-20-,30-28+,31-29-,40-38-,49-46-,57-54+. The number of hydrogen-bond acceptors (Lipinski definition) is 7. The fraction of sp³-hybridized carbons (Fsp3) is 0.758. The van der Waals surface area contributed by atoms with Gasteiger partial charge in [-0.3, -0.25) is 14.2 Å². The summed E-state index contributed by atoms with van der Waals surface area (Å²) < 4.78 is 30.3. The summed E-state index contributed by atoms with van der Waals surface area (Å²) in [6.07, 6.45) is 72.8. The first-order chi connectivity index (χ1) is 36.9. The zero-order valence-corrected chi connectivity index (χ0v) is 51.1. The van der Waals surface area contributed by atoms with Gasteiger partial charge in [0.15, 0.2) is 0 Å². The number of allylic oxidation sites excluding steroid dienone is 13. The van der Waals surface area contributed by atoms with Gasteiger partial charge in [0.2, 0.25) is 5.91 Å². The van der Waals surface area contributed by atoms with Gasteiger partial charge >= 0.3 is 5.97 Å². The molecule has 0 aliphatic heterocycles. The van der Waals surface area contributed by atoms with Crippen LogP contribution in [0.3, 0.4) is 0 Å². The number of carbonyl (C=O) groups excluding carboxylic acids is 2. The van der Waals surface area contributed by atoms with E-state index in [0.29, 0.717) is 17.4 Å². The molecule has 0 aliphatic rings. The third-order valence-electron chi connectivity index (χ3n) is 13.6. The molecule has 0 spiro atoms. The smallest absolute Gasteiger partial charge is 0.306 e. The topological polar surface area (TPSA) is 114 Å². The molecule has 0 saturated heterocycles. The van der Waals surface area contributed by atoms with E-state index in [-0.39, 0.29) is 31.3 Å². The average Bonchev–Trinajstić information content (AvgIpc) is 3.38. The van der Waals surface area contributed by atoms with Crippen molar-refractivity contribution in [2.24, 2.45) is 0 Å². The Kier molecular flexibility index (Phi) is 53.5. The van der Waals surface area contributed by atoms with Crippen molar-refractivity contribution < 1.29 is 37.3 Å². The molecule has 0 aromatic rings. The fourth-order valence-electron chi connectivity index (χ4n) is 8.73. The lowest BCUT2D eigenvalue weighted by molar-refractivity contribution is -0.870. The number of esters is 1. The van der Waals surface area contributed by atoms with Gasteiger partial charge in [-0.15, -0.1) is 0 Å². The van der Waals surface area contributed by atoms with Crippen LogP contribution in [0.25, 0.3) is 0 Å². The van der Waals surface area contributed by atoms with E-state index in [1.54, 1.807) is 0 Å². The van der Waals surface area contributed by atoms with Crippen LogP contribution in [0.15, 0.2) is 85.1 Å². The minimum absolute atomic E-state index is 0.0358. The Balaban J connectivity index is 5.30. The van der Waals surface area contributed by atoms with Crippen molar-refractivity contribution in [1.29, 1.82) is 0 Å². The lowest BCUT2D eigenvalue weighted by Gasteiger charge is -2.30. The number of nitrogens with one attached hydrogen (secondary N) is 1. The van der Waals surface area contributed by atoms with Crippen LogP contribution in [-0.2, 0) is 27.9 Å². The average molecular weight is 1080 g/mol. The zero-order chi connectivity index (χ0) is 55.7. The quantitative estimate of drug-likeness (QED) is 0.0212. The van der Waals surface area contributed by atoms with Crippen LogP contribution in [0.1, 0.15) is 271 Å². The number of rotatable bonds is 56. The van der Waals surface area contributed by atoms with Crippen molar-refractivity contribution >= 4 is 19.7 Å². The van der Waals surface area contributed by atoms with Gasteiger partial charge < -0.3 is 28.5 Å². The SMILES string of the molecule is CC/C=C\C/C=C\C/C=C\C/C=C\C/C=C\CCCC(=O)NC(COP(=O)([O-])OCC[N+](C)(C)C)C(/C=C/CCCCCCCCCCCC)OC(=O)CCCCCCCCCCCCC/C=C/CCCCCCCC. The predicted octanol–water partition coefficient (Wildman–Crippen LogP) is 18.8. The second-order valence-corrected chi connectivity index (χ2v) is 23.6. The second kappa shape index (κ2) is 55.5. The van der Waals surface area contributed by atoms with E-state index in [9.17, 15) is 19.0 Å². The highest BCUT2D eigenvalue weighted by atomic mass is 31.2. The number of hydrogen-bond donors (Lipinski definition) is 1. The van der Waals surface area contributed by atoms with Gasteiger partial charge in [0.25, 0.3) is 7.82 Å². The van der Waals surface area contributed by atoms with Crippen LogP contribution in [0, 0.1) is 0 Å². The first-order valence-corrected chi connectivity index (χ1v) is 32.9. The van der Waals surface area contributed by atoms with Crippen molar-refractivity contribution in [2.75, 3.05) is 40.9 Å². The molecule has 0 aromatic heterocycles. The van der Waals surface area contributed by atoms with E-state index in [1.807, 2.05) is 33.3 Å². The maximum Gasteiger partial charge on any atom is 0.306 e. The Morgan fingerprint density at radius 2 is 0.855 bits per heavy atom. The van der Waals surface area contributed by atoms with Gasteiger partial charge in [0.1, 0.15) is 19.3 Å². The number of phosphoric acid groups is 1. The molecule has 0 aromatic carbocycles. The van der Waals surface area contributed by atoms with Crippen LogP contribution < -0.4 is 10.2 Å². The van der Waals surface area contributed by atoms with Crippen LogP contribution in [0.5, 0.6) is 0 Å². The van der Waals surface area contributed by atoms with Crippen LogP contribution in [0.4, 0.5) is 0 Å². The van der Waals surface area contributed by atoms with Gasteiger partial charge in [0, 0.05) is 12.8 Å². The van der Waals surface area contributed by atoms with Crippen molar-refractivity contribution in [3.8, 4) is 0 Å². The molecule has 3 unspecified atom stereocenters. The molecule has 0 bridgehead atoms.